The smallest absolute Gasteiger partial charge is 0.404 e. The zero-order chi connectivity index (χ0) is 20.8. The van der Waals surface area contributed by atoms with Crippen LogP contribution in [0.5, 0.6) is 11.5 Å². The van der Waals surface area contributed by atoms with E-state index in [1.54, 1.807) is 14.2 Å². The number of ether oxygens (including phenoxy) is 2. The Labute approximate surface area is 170 Å². The van der Waals surface area contributed by atoms with Crippen molar-refractivity contribution in [1.29, 1.82) is 0 Å². The van der Waals surface area contributed by atoms with Crippen LogP contribution in [0, 0.1) is 0 Å². The molecular formula is C22H28N2O5. The van der Waals surface area contributed by atoms with E-state index >= 15 is 0 Å². The molecule has 1 aliphatic carbocycles. The minimum atomic E-state index is -1.14. The van der Waals surface area contributed by atoms with Crippen LogP contribution in [0.1, 0.15) is 16.7 Å². The number of rotatable bonds is 9. The van der Waals surface area contributed by atoms with Crippen molar-refractivity contribution in [2.75, 3.05) is 27.3 Å². The third-order valence-corrected chi connectivity index (χ3v) is 5.35. The van der Waals surface area contributed by atoms with Crippen molar-refractivity contribution < 1.29 is 24.5 Å². The number of aliphatic hydroxyl groups excluding tert-OH is 1. The summed E-state index contributed by atoms with van der Waals surface area (Å²) in [6.45, 7) is 0.926. The number of carbonyl (C=O) groups is 1. The maximum atomic E-state index is 10.8. The van der Waals surface area contributed by atoms with Gasteiger partial charge in [0.05, 0.1) is 20.3 Å². The number of benzene rings is 2. The van der Waals surface area contributed by atoms with E-state index in [0.29, 0.717) is 13.1 Å². The van der Waals surface area contributed by atoms with Crippen LogP contribution in [-0.2, 0) is 19.4 Å². The first-order chi connectivity index (χ1) is 14.0. The number of fused-ring (bicyclic) bond motifs is 1. The Bertz CT molecular complexity index is 817. The average Bonchev–Trinajstić information content (AvgIpc) is 3.16. The van der Waals surface area contributed by atoms with Gasteiger partial charge in [0, 0.05) is 37.3 Å². The van der Waals surface area contributed by atoms with Crippen LogP contribution in [0.2, 0.25) is 0 Å². The molecule has 3 rings (SSSR count). The van der Waals surface area contributed by atoms with E-state index in [9.17, 15) is 9.90 Å². The standard InChI is InChI=1S/C22H28N2O5/c1-28-20-8-7-17(21(11-20)29-2)13-24(14-19(25)12-23-22(26)27)18-9-15-5-3-4-6-16(15)10-18/h3-8,11,18-19,23,25H,9-10,12-14H2,1-2H3,(H,26,27). The summed E-state index contributed by atoms with van der Waals surface area (Å²) in [5, 5.41) is 21.5. The molecule has 0 aliphatic heterocycles. The van der Waals surface area contributed by atoms with Gasteiger partial charge in [0.2, 0.25) is 0 Å². The lowest BCUT2D eigenvalue weighted by Gasteiger charge is -2.31. The summed E-state index contributed by atoms with van der Waals surface area (Å²) in [4.78, 5) is 13.0. The van der Waals surface area contributed by atoms with E-state index in [4.69, 9.17) is 14.6 Å². The van der Waals surface area contributed by atoms with Crippen LogP contribution in [0.3, 0.4) is 0 Å². The van der Waals surface area contributed by atoms with Crippen LogP contribution in [0.25, 0.3) is 0 Å². The topological polar surface area (TPSA) is 91.3 Å². The second-order valence-electron chi connectivity index (χ2n) is 7.28. The van der Waals surface area contributed by atoms with E-state index in [2.05, 4.69) is 22.3 Å². The highest BCUT2D eigenvalue weighted by Crippen LogP contribution is 2.30. The molecule has 0 saturated carbocycles. The predicted molar refractivity (Wildman–Crippen MR) is 110 cm³/mol. The Hall–Kier alpha value is -2.77. The number of hydrogen-bond donors (Lipinski definition) is 3. The lowest BCUT2D eigenvalue weighted by atomic mass is 10.1. The van der Waals surface area contributed by atoms with Crippen molar-refractivity contribution in [3.05, 3.63) is 59.2 Å². The van der Waals surface area contributed by atoms with E-state index in [1.807, 2.05) is 30.3 Å². The fourth-order valence-electron chi connectivity index (χ4n) is 3.88. The Morgan fingerprint density at radius 1 is 1.17 bits per heavy atom. The van der Waals surface area contributed by atoms with E-state index in [1.165, 1.54) is 11.1 Å². The molecule has 0 saturated heterocycles. The lowest BCUT2D eigenvalue weighted by molar-refractivity contribution is 0.0818. The zero-order valence-electron chi connectivity index (χ0n) is 16.8. The molecule has 0 radical (unpaired) electrons. The largest absolute Gasteiger partial charge is 0.497 e. The molecule has 29 heavy (non-hydrogen) atoms. The number of nitrogens with one attached hydrogen (secondary N) is 1. The van der Waals surface area contributed by atoms with Crippen molar-refractivity contribution in [1.82, 2.24) is 10.2 Å². The van der Waals surface area contributed by atoms with Crippen LogP contribution < -0.4 is 14.8 Å². The molecule has 2 aromatic rings. The highest BCUT2D eigenvalue weighted by molar-refractivity contribution is 5.64. The van der Waals surface area contributed by atoms with Crippen LogP contribution in [0.15, 0.2) is 42.5 Å². The molecular weight excluding hydrogens is 372 g/mol. The Kier molecular flexibility index (Phi) is 6.95. The van der Waals surface area contributed by atoms with E-state index < -0.39 is 12.2 Å². The third kappa shape index (κ3) is 5.40. The van der Waals surface area contributed by atoms with Gasteiger partial charge in [0.15, 0.2) is 0 Å². The number of hydrogen-bond acceptors (Lipinski definition) is 5. The fourth-order valence-corrected chi connectivity index (χ4v) is 3.88. The van der Waals surface area contributed by atoms with Crippen molar-refractivity contribution in [2.24, 2.45) is 0 Å². The van der Waals surface area contributed by atoms with Crippen LogP contribution in [0.4, 0.5) is 4.79 Å². The van der Waals surface area contributed by atoms with Gasteiger partial charge in [0.1, 0.15) is 11.5 Å². The number of amides is 1. The zero-order valence-corrected chi connectivity index (χ0v) is 16.8. The molecule has 1 aliphatic rings. The highest BCUT2D eigenvalue weighted by Gasteiger charge is 2.28. The summed E-state index contributed by atoms with van der Waals surface area (Å²) in [5.41, 5.74) is 3.63. The summed E-state index contributed by atoms with van der Waals surface area (Å²) in [5.74, 6) is 1.44. The molecule has 2 aromatic carbocycles. The maximum Gasteiger partial charge on any atom is 0.404 e. The highest BCUT2D eigenvalue weighted by atomic mass is 16.5. The van der Waals surface area contributed by atoms with Gasteiger partial charge in [-0.15, -0.1) is 0 Å². The SMILES string of the molecule is COc1ccc(CN(CC(O)CNC(=O)O)C2Cc3ccccc3C2)c(OC)c1. The monoisotopic (exact) mass is 400 g/mol. The van der Waals surface area contributed by atoms with Gasteiger partial charge in [0.25, 0.3) is 0 Å². The van der Waals surface area contributed by atoms with Crippen molar-refractivity contribution >= 4 is 6.09 Å². The Morgan fingerprint density at radius 3 is 2.45 bits per heavy atom. The number of aliphatic hydroxyl groups is 1. The van der Waals surface area contributed by atoms with Crippen molar-refractivity contribution in [2.45, 2.75) is 31.5 Å². The minimum absolute atomic E-state index is 0.00868. The number of carboxylic acid groups (broad SMARTS) is 1. The molecule has 0 aromatic heterocycles. The number of methoxy groups -OCH3 is 2. The molecule has 7 nitrogen and oxygen atoms in total. The summed E-state index contributed by atoms with van der Waals surface area (Å²) in [7, 11) is 3.24. The second kappa shape index (κ2) is 9.62. The van der Waals surface area contributed by atoms with Gasteiger partial charge in [-0.05, 0) is 30.0 Å². The molecule has 1 unspecified atom stereocenters. The first-order valence-electron chi connectivity index (χ1n) is 9.66. The first-order valence-corrected chi connectivity index (χ1v) is 9.66. The van der Waals surface area contributed by atoms with Crippen LogP contribution >= 0.6 is 0 Å². The lowest BCUT2D eigenvalue weighted by Crippen LogP contribution is -2.44. The Morgan fingerprint density at radius 2 is 1.86 bits per heavy atom. The summed E-state index contributed by atoms with van der Waals surface area (Å²) < 4.78 is 10.8. The van der Waals surface area contributed by atoms with Gasteiger partial charge in [-0.3, -0.25) is 4.90 Å². The average molecular weight is 400 g/mol. The molecule has 0 bridgehead atoms. The summed E-state index contributed by atoms with van der Waals surface area (Å²) >= 11 is 0. The summed E-state index contributed by atoms with van der Waals surface area (Å²) in [6, 6.07) is 14.3. The second-order valence-corrected chi connectivity index (χ2v) is 7.28. The molecule has 1 atom stereocenters. The molecule has 1 amide bonds. The van der Waals surface area contributed by atoms with E-state index in [-0.39, 0.29) is 12.6 Å². The predicted octanol–water partition coefficient (Wildman–Crippen LogP) is 2.30. The summed E-state index contributed by atoms with van der Waals surface area (Å²) in [6.07, 6.45) is -0.152. The fraction of sp³-hybridized carbons (Fsp3) is 0.409. The van der Waals surface area contributed by atoms with Crippen molar-refractivity contribution in [3.63, 3.8) is 0 Å². The molecule has 3 N–H and O–H groups in total. The van der Waals surface area contributed by atoms with Gasteiger partial charge < -0.3 is 25.0 Å². The molecule has 156 valence electrons. The maximum absolute atomic E-state index is 10.8. The Balaban J connectivity index is 1.79. The van der Waals surface area contributed by atoms with Gasteiger partial charge >= 0.3 is 6.09 Å². The molecule has 7 heteroatoms. The van der Waals surface area contributed by atoms with Gasteiger partial charge in [-0.2, -0.15) is 0 Å². The third-order valence-electron chi connectivity index (χ3n) is 5.35. The van der Waals surface area contributed by atoms with Gasteiger partial charge in [-0.1, -0.05) is 30.3 Å². The first kappa shape index (κ1) is 21.0. The molecule has 0 spiro atoms. The van der Waals surface area contributed by atoms with E-state index in [0.717, 1.165) is 29.9 Å². The molecule has 0 fully saturated rings. The quantitative estimate of drug-likeness (QED) is 0.598. The minimum Gasteiger partial charge on any atom is -0.497 e. The molecule has 0 heterocycles. The van der Waals surface area contributed by atoms with Crippen molar-refractivity contribution in [3.8, 4) is 11.5 Å². The number of nitrogens with zero attached hydrogens (tertiary/aromatic N) is 1. The normalized spacial score (nSPS) is 14.5. The van der Waals surface area contributed by atoms with Gasteiger partial charge in [-0.25, -0.2) is 4.79 Å². The van der Waals surface area contributed by atoms with Crippen LogP contribution in [-0.4, -0.2) is 60.7 Å².